The molecule has 3 aromatic rings. The average Bonchev–Trinajstić information content (AvgIpc) is 2.82. The molecule has 0 saturated heterocycles. The van der Waals surface area contributed by atoms with E-state index in [2.05, 4.69) is 15.1 Å². The van der Waals surface area contributed by atoms with E-state index < -0.39 is 0 Å². The normalized spacial score (nSPS) is 11.0. The van der Waals surface area contributed by atoms with Gasteiger partial charge in [-0.3, -0.25) is 0 Å². The van der Waals surface area contributed by atoms with Crippen LogP contribution >= 0.6 is 0 Å². The summed E-state index contributed by atoms with van der Waals surface area (Å²) in [5.74, 6) is 1.68. The summed E-state index contributed by atoms with van der Waals surface area (Å²) in [4.78, 5) is 7.52. The van der Waals surface area contributed by atoms with Crippen LogP contribution in [-0.2, 0) is 0 Å². The van der Waals surface area contributed by atoms with Crippen LogP contribution in [0, 0.1) is 6.92 Å². The molecule has 0 bridgehead atoms. The number of aromatic amines is 1. The van der Waals surface area contributed by atoms with Gasteiger partial charge in [0.1, 0.15) is 5.82 Å². The van der Waals surface area contributed by atoms with E-state index in [0.29, 0.717) is 0 Å². The first kappa shape index (κ1) is 8.23. The van der Waals surface area contributed by atoms with Crippen molar-refractivity contribution in [2.24, 2.45) is 0 Å². The molecule has 3 rings (SSSR count). The molecule has 2 aromatic heterocycles. The lowest BCUT2D eigenvalue weighted by atomic mass is 10.1. The van der Waals surface area contributed by atoms with Gasteiger partial charge < -0.3 is 9.51 Å². The molecule has 0 saturated carbocycles. The summed E-state index contributed by atoms with van der Waals surface area (Å²) in [6.07, 6.45) is 1.64. The number of benzene rings is 1. The first-order chi connectivity index (χ1) is 7.33. The van der Waals surface area contributed by atoms with Crippen LogP contribution in [0.25, 0.3) is 22.4 Å². The summed E-state index contributed by atoms with van der Waals surface area (Å²) in [5, 5.41) is 3.68. The fourth-order valence-electron chi connectivity index (χ4n) is 1.66. The Hall–Kier alpha value is -2.10. The minimum absolute atomic E-state index is 0.768. The summed E-state index contributed by atoms with van der Waals surface area (Å²) in [7, 11) is 0. The fourth-order valence-corrected chi connectivity index (χ4v) is 1.66. The number of hydrogen-bond donors (Lipinski definition) is 1. The van der Waals surface area contributed by atoms with Crippen LogP contribution in [0.3, 0.4) is 0 Å². The van der Waals surface area contributed by atoms with Gasteiger partial charge in [-0.2, -0.15) is 0 Å². The molecule has 1 N–H and O–H groups in total. The van der Waals surface area contributed by atoms with Crippen molar-refractivity contribution >= 4 is 11.0 Å². The highest BCUT2D eigenvalue weighted by atomic mass is 16.5. The highest BCUT2D eigenvalue weighted by Gasteiger charge is 2.04. The predicted molar refractivity (Wildman–Crippen MR) is 56.3 cm³/mol. The molecule has 0 atom stereocenters. The van der Waals surface area contributed by atoms with E-state index in [0.717, 1.165) is 28.2 Å². The van der Waals surface area contributed by atoms with Gasteiger partial charge in [-0.15, -0.1) is 0 Å². The van der Waals surface area contributed by atoms with E-state index in [1.54, 1.807) is 6.20 Å². The lowest BCUT2D eigenvalue weighted by Crippen LogP contribution is -1.74. The second-order valence-corrected chi connectivity index (χ2v) is 3.43. The molecule has 15 heavy (non-hydrogen) atoms. The fraction of sp³-hybridized carbons (Fsp3) is 0.0909. The van der Waals surface area contributed by atoms with Gasteiger partial charge in [-0.05, 0) is 25.1 Å². The van der Waals surface area contributed by atoms with Crippen molar-refractivity contribution in [3.8, 4) is 11.3 Å². The van der Waals surface area contributed by atoms with E-state index in [1.165, 1.54) is 0 Å². The van der Waals surface area contributed by atoms with Crippen LogP contribution in [0.5, 0.6) is 0 Å². The molecule has 0 amide bonds. The van der Waals surface area contributed by atoms with E-state index in [1.807, 2.05) is 31.2 Å². The number of fused-ring (bicyclic) bond motifs is 1. The van der Waals surface area contributed by atoms with Gasteiger partial charge in [0.05, 0.1) is 17.2 Å². The maximum Gasteiger partial charge on any atom is 0.166 e. The third-order valence-corrected chi connectivity index (χ3v) is 2.32. The van der Waals surface area contributed by atoms with E-state index in [-0.39, 0.29) is 0 Å². The Morgan fingerprint density at radius 2 is 2.20 bits per heavy atom. The van der Waals surface area contributed by atoms with Gasteiger partial charge in [0.25, 0.3) is 0 Å². The molecule has 0 radical (unpaired) electrons. The minimum Gasteiger partial charge on any atom is -0.356 e. The zero-order valence-corrected chi connectivity index (χ0v) is 8.19. The molecule has 0 aliphatic carbocycles. The van der Waals surface area contributed by atoms with Crippen molar-refractivity contribution < 1.29 is 4.52 Å². The number of rotatable bonds is 1. The second-order valence-electron chi connectivity index (χ2n) is 3.43. The number of nitrogens with one attached hydrogen (secondary N) is 1. The molecule has 1 aromatic carbocycles. The Labute approximate surface area is 85.9 Å². The zero-order valence-electron chi connectivity index (χ0n) is 8.19. The van der Waals surface area contributed by atoms with Crippen molar-refractivity contribution in [1.29, 1.82) is 0 Å². The summed E-state index contributed by atoms with van der Waals surface area (Å²) >= 11 is 0. The Balaban J connectivity index is 2.21. The molecule has 0 aliphatic heterocycles. The summed E-state index contributed by atoms with van der Waals surface area (Å²) in [6.45, 7) is 1.94. The van der Waals surface area contributed by atoms with Gasteiger partial charge in [-0.1, -0.05) is 5.16 Å². The van der Waals surface area contributed by atoms with E-state index in [4.69, 9.17) is 4.52 Å². The molecule has 0 fully saturated rings. The molecule has 0 aliphatic rings. The predicted octanol–water partition coefficient (Wildman–Crippen LogP) is 2.53. The highest BCUT2D eigenvalue weighted by Crippen LogP contribution is 2.22. The molecular weight excluding hydrogens is 190 g/mol. The first-order valence-corrected chi connectivity index (χ1v) is 4.70. The topological polar surface area (TPSA) is 54.7 Å². The quantitative estimate of drug-likeness (QED) is 0.655. The van der Waals surface area contributed by atoms with Crippen LogP contribution < -0.4 is 0 Å². The molecule has 4 heteroatoms. The molecule has 0 unspecified atom stereocenters. The second kappa shape index (κ2) is 2.95. The van der Waals surface area contributed by atoms with E-state index >= 15 is 0 Å². The van der Waals surface area contributed by atoms with Crippen LogP contribution in [-0.4, -0.2) is 15.1 Å². The van der Waals surface area contributed by atoms with E-state index in [9.17, 15) is 0 Å². The van der Waals surface area contributed by atoms with Crippen molar-refractivity contribution in [3.63, 3.8) is 0 Å². The monoisotopic (exact) mass is 199 g/mol. The van der Waals surface area contributed by atoms with Crippen LogP contribution in [0.1, 0.15) is 5.82 Å². The van der Waals surface area contributed by atoms with Crippen molar-refractivity contribution in [2.45, 2.75) is 6.92 Å². The van der Waals surface area contributed by atoms with Crippen molar-refractivity contribution in [2.75, 3.05) is 0 Å². The molecule has 0 spiro atoms. The maximum atomic E-state index is 5.09. The molecule has 74 valence electrons. The third kappa shape index (κ3) is 1.30. The van der Waals surface area contributed by atoms with Crippen molar-refractivity contribution in [1.82, 2.24) is 15.1 Å². The number of aryl methyl sites for hydroxylation is 1. The lowest BCUT2D eigenvalue weighted by Gasteiger charge is -1.94. The number of hydrogen-bond acceptors (Lipinski definition) is 3. The van der Waals surface area contributed by atoms with Gasteiger partial charge in [0, 0.05) is 11.6 Å². The largest absolute Gasteiger partial charge is 0.356 e. The summed E-state index contributed by atoms with van der Waals surface area (Å²) in [5.41, 5.74) is 2.99. The number of imidazole rings is 1. The van der Waals surface area contributed by atoms with Crippen LogP contribution in [0.4, 0.5) is 0 Å². The summed E-state index contributed by atoms with van der Waals surface area (Å²) < 4.78 is 5.09. The molecule has 2 heterocycles. The number of nitrogens with zero attached hydrogens (tertiary/aromatic N) is 2. The van der Waals surface area contributed by atoms with Crippen LogP contribution in [0.2, 0.25) is 0 Å². The maximum absolute atomic E-state index is 5.09. The minimum atomic E-state index is 0.768. The first-order valence-electron chi connectivity index (χ1n) is 4.70. The summed E-state index contributed by atoms with van der Waals surface area (Å²) in [6, 6.07) is 7.79. The standard InChI is InChI=1S/C11H9N3O/c1-7-13-9-3-2-8(6-10(9)14-7)11-4-5-12-15-11/h2-6H,1H3,(H,13,14). The van der Waals surface area contributed by atoms with Crippen LogP contribution in [0.15, 0.2) is 35.0 Å². The molecule has 4 nitrogen and oxygen atoms in total. The number of aromatic nitrogens is 3. The van der Waals surface area contributed by atoms with Crippen molar-refractivity contribution in [3.05, 3.63) is 36.3 Å². The molecular formula is C11H9N3O. The lowest BCUT2D eigenvalue weighted by molar-refractivity contribution is 0.432. The van der Waals surface area contributed by atoms with Gasteiger partial charge in [-0.25, -0.2) is 4.98 Å². The highest BCUT2D eigenvalue weighted by molar-refractivity contribution is 5.80. The number of H-pyrrole nitrogens is 1. The Morgan fingerprint density at radius 3 is 3.00 bits per heavy atom. The van der Waals surface area contributed by atoms with Gasteiger partial charge in [0.2, 0.25) is 0 Å². The smallest absolute Gasteiger partial charge is 0.166 e. The SMILES string of the molecule is Cc1nc2ccc(-c3ccno3)cc2[nH]1. The Bertz CT molecular complexity index is 595. The third-order valence-electron chi connectivity index (χ3n) is 2.32. The average molecular weight is 199 g/mol. The van der Waals surface area contributed by atoms with Gasteiger partial charge in [0.15, 0.2) is 5.76 Å². The Morgan fingerprint density at radius 1 is 1.27 bits per heavy atom. The Kier molecular flexibility index (Phi) is 1.62. The van der Waals surface area contributed by atoms with Gasteiger partial charge >= 0.3 is 0 Å². The zero-order chi connectivity index (χ0) is 10.3.